The molecule has 4 aromatic rings. The van der Waals surface area contributed by atoms with E-state index in [2.05, 4.69) is 15.6 Å². The normalized spacial score (nSPS) is 10.8. The molecule has 0 saturated carbocycles. The van der Waals surface area contributed by atoms with Gasteiger partial charge in [-0.1, -0.05) is 40.1 Å². The Morgan fingerprint density at radius 3 is 2.56 bits per heavy atom. The summed E-state index contributed by atoms with van der Waals surface area (Å²) in [4.78, 5) is 12.9. The van der Waals surface area contributed by atoms with Gasteiger partial charge in [-0.2, -0.15) is 0 Å². The van der Waals surface area contributed by atoms with Crippen LogP contribution >= 0.6 is 11.6 Å². The van der Waals surface area contributed by atoms with Gasteiger partial charge in [0.1, 0.15) is 22.7 Å². The van der Waals surface area contributed by atoms with Crippen LogP contribution in [-0.2, 0) is 6.54 Å². The Labute approximate surface area is 189 Å². The molecule has 0 fully saturated rings. The third-order valence-corrected chi connectivity index (χ3v) is 5.21. The molecule has 0 aliphatic heterocycles. The van der Waals surface area contributed by atoms with E-state index in [1.54, 1.807) is 57.5 Å². The topological polar surface area (TPSA) is 99.6 Å². The number of hydrogen-bond acceptors (Lipinski definition) is 7. The number of nitrogens with zero attached hydrogens (tertiary/aromatic N) is 2. The molecule has 1 amide bonds. The van der Waals surface area contributed by atoms with Crippen molar-refractivity contribution < 1.29 is 23.3 Å². The van der Waals surface area contributed by atoms with Crippen molar-refractivity contribution in [2.45, 2.75) is 13.5 Å². The molecule has 0 aliphatic carbocycles. The number of ether oxygens (including phenoxy) is 2. The average molecular weight is 454 g/mol. The molecule has 0 spiro atoms. The smallest absolute Gasteiger partial charge is 0.257 e. The summed E-state index contributed by atoms with van der Waals surface area (Å²) in [6.45, 7) is 1.83. The number of rotatable bonds is 7. The highest BCUT2D eigenvalue weighted by Gasteiger charge is 2.23. The first kappa shape index (κ1) is 21.5. The molecule has 0 aliphatic rings. The molecule has 32 heavy (non-hydrogen) atoms. The third kappa shape index (κ3) is 4.17. The Balaban J connectivity index is 1.50. The minimum absolute atomic E-state index is 0.155. The molecule has 4 rings (SSSR count). The zero-order valence-electron chi connectivity index (χ0n) is 17.6. The SMILES string of the molecule is COc1ccc(-c2cc(CNC(=O)c3c(-c4ccccc4Cl)noc3C)no2)cc1OC. The Morgan fingerprint density at radius 1 is 1.03 bits per heavy atom. The van der Waals surface area contributed by atoms with E-state index >= 15 is 0 Å². The first-order chi connectivity index (χ1) is 15.5. The van der Waals surface area contributed by atoms with E-state index in [1.165, 1.54) is 0 Å². The predicted molar refractivity (Wildman–Crippen MR) is 118 cm³/mol. The maximum atomic E-state index is 12.9. The molecule has 0 atom stereocenters. The second-order valence-corrected chi connectivity index (χ2v) is 7.28. The quantitative estimate of drug-likeness (QED) is 0.424. The largest absolute Gasteiger partial charge is 0.493 e. The van der Waals surface area contributed by atoms with Gasteiger partial charge in [-0.3, -0.25) is 4.79 Å². The van der Waals surface area contributed by atoms with Crippen LogP contribution in [-0.4, -0.2) is 30.4 Å². The Kier molecular flexibility index (Phi) is 6.13. The van der Waals surface area contributed by atoms with E-state index in [-0.39, 0.29) is 12.5 Å². The van der Waals surface area contributed by atoms with E-state index in [0.29, 0.717) is 50.6 Å². The number of methoxy groups -OCH3 is 2. The molecule has 0 bridgehead atoms. The van der Waals surface area contributed by atoms with Gasteiger partial charge < -0.3 is 23.8 Å². The van der Waals surface area contributed by atoms with Crippen molar-refractivity contribution in [3.63, 3.8) is 0 Å². The lowest BCUT2D eigenvalue weighted by Gasteiger charge is -2.07. The standard InChI is InChI=1S/C23H20ClN3O5/c1-13-21(22(27-31-13)16-6-4-5-7-17(16)24)23(28)25-12-15-11-19(32-26-15)14-8-9-18(29-2)20(10-14)30-3/h4-11H,12H2,1-3H3,(H,25,28). The van der Waals surface area contributed by atoms with Gasteiger partial charge in [0.25, 0.3) is 5.91 Å². The van der Waals surface area contributed by atoms with Gasteiger partial charge in [-0.25, -0.2) is 0 Å². The molecule has 0 saturated heterocycles. The first-order valence-electron chi connectivity index (χ1n) is 9.69. The van der Waals surface area contributed by atoms with Crippen molar-refractivity contribution in [2.75, 3.05) is 14.2 Å². The Morgan fingerprint density at radius 2 is 1.81 bits per heavy atom. The second-order valence-electron chi connectivity index (χ2n) is 6.88. The molecule has 2 aromatic carbocycles. The van der Waals surface area contributed by atoms with Crippen molar-refractivity contribution >= 4 is 17.5 Å². The highest BCUT2D eigenvalue weighted by atomic mass is 35.5. The molecule has 0 unspecified atom stereocenters. The van der Waals surface area contributed by atoms with Crippen LogP contribution in [0.15, 0.2) is 57.6 Å². The van der Waals surface area contributed by atoms with Gasteiger partial charge in [-0.15, -0.1) is 0 Å². The molecule has 164 valence electrons. The fraction of sp³-hybridized carbons (Fsp3) is 0.174. The number of halogens is 1. The molecule has 1 N–H and O–H groups in total. The average Bonchev–Trinajstić information content (AvgIpc) is 3.44. The van der Waals surface area contributed by atoms with Gasteiger partial charge in [0.2, 0.25) is 0 Å². The van der Waals surface area contributed by atoms with Gasteiger partial charge in [0.15, 0.2) is 17.3 Å². The molecule has 8 nitrogen and oxygen atoms in total. The lowest BCUT2D eigenvalue weighted by molar-refractivity contribution is 0.0949. The van der Waals surface area contributed by atoms with Crippen molar-refractivity contribution in [3.8, 4) is 34.1 Å². The molecular weight excluding hydrogens is 434 g/mol. The minimum atomic E-state index is -0.352. The molecule has 2 heterocycles. The Bertz CT molecular complexity index is 1260. The van der Waals surface area contributed by atoms with Crippen LogP contribution < -0.4 is 14.8 Å². The van der Waals surface area contributed by atoms with Crippen LogP contribution in [0.5, 0.6) is 11.5 Å². The van der Waals surface area contributed by atoms with E-state index in [4.69, 9.17) is 30.1 Å². The van der Waals surface area contributed by atoms with Gasteiger partial charge in [0.05, 0.1) is 25.8 Å². The zero-order chi connectivity index (χ0) is 22.7. The number of nitrogens with one attached hydrogen (secondary N) is 1. The van der Waals surface area contributed by atoms with Gasteiger partial charge in [-0.05, 0) is 31.2 Å². The zero-order valence-corrected chi connectivity index (χ0v) is 18.4. The van der Waals surface area contributed by atoms with Crippen LogP contribution in [0.1, 0.15) is 21.8 Å². The first-order valence-corrected chi connectivity index (χ1v) is 10.1. The maximum Gasteiger partial charge on any atom is 0.257 e. The fourth-order valence-corrected chi connectivity index (χ4v) is 3.48. The third-order valence-electron chi connectivity index (χ3n) is 4.88. The summed E-state index contributed by atoms with van der Waals surface area (Å²) in [6.07, 6.45) is 0. The van der Waals surface area contributed by atoms with Crippen LogP contribution in [0.3, 0.4) is 0 Å². The summed E-state index contributed by atoms with van der Waals surface area (Å²) in [6, 6.07) is 14.3. The fourth-order valence-electron chi connectivity index (χ4n) is 3.26. The monoisotopic (exact) mass is 453 g/mol. The Hall–Kier alpha value is -3.78. The number of amides is 1. The van der Waals surface area contributed by atoms with E-state index in [1.807, 2.05) is 12.1 Å². The number of hydrogen-bond donors (Lipinski definition) is 1. The predicted octanol–water partition coefficient (Wildman–Crippen LogP) is 4.91. The van der Waals surface area contributed by atoms with Crippen molar-refractivity contribution in [1.29, 1.82) is 0 Å². The van der Waals surface area contributed by atoms with Crippen molar-refractivity contribution in [2.24, 2.45) is 0 Å². The summed E-state index contributed by atoms with van der Waals surface area (Å²) in [5.41, 5.74) is 2.65. The van der Waals surface area contributed by atoms with Crippen LogP contribution in [0.2, 0.25) is 5.02 Å². The van der Waals surface area contributed by atoms with Crippen LogP contribution in [0.4, 0.5) is 0 Å². The maximum absolute atomic E-state index is 12.9. The summed E-state index contributed by atoms with van der Waals surface area (Å²) in [5, 5.41) is 11.4. The van der Waals surface area contributed by atoms with Gasteiger partial charge >= 0.3 is 0 Å². The van der Waals surface area contributed by atoms with E-state index in [0.717, 1.165) is 5.56 Å². The summed E-state index contributed by atoms with van der Waals surface area (Å²) in [7, 11) is 3.13. The lowest BCUT2D eigenvalue weighted by atomic mass is 10.1. The molecular formula is C23H20ClN3O5. The highest BCUT2D eigenvalue weighted by molar-refractivity contribution is 6.33. The lowest BCUT2D eigenvalue weighted by Crippen LogP contribution is -2.23. The molecule has 0 radical (unpaired) electrons. The molecule has 9 heteroatoms. The van der Waals surface area contributed by atoms with E-state index in [9.17, 15) is 4.79 Å². The van der Waals surface area contributed by atoms with Crippen LogP contribution in [0, 0.1) is 6.92 Å². The number of aryl methyl sites for hydroxylation is 1. The second kappa shape index (κ2) is 9.15. The number of carbonyl (C=O) groups excluding carboxylic acids is 1. The summed E-state index contributed by atoms with van der Waals surface area (Å²) >= 11 is 6.27. The van der Waals surface area contributed by atoms with E-state index < -0.39 is 0 Å². The van der Waals surface area contributed by atoms with Crippen molar-refractivity contribution in [3.05, 3.63) is 70.6 Å². The summed E-state index contributed by atoms with van der Waals surface area (Å²) < 4.78 is 21.3. The molecule has 2 aromatic heterocycles. The van der Waals surface area contributed by atoms with Crippen molar-refractivity contribution in [1.82, 2.24) is 15.6 Å². The summed E-state index contributed by atoms with van der Waals surface area (Å²) in [5.74, 6) is 1.76. The highest BCUT2D eigenvalue weighted by Crippen LogP contribution is 2.33. The number of aromatic nitrogens is 2. The van der Waals surface area contributed by atoms with Gasteiger partial charge in [0, 0.05) is 17.2 Å². The minimum Gasteiger partial charge on any atom is -0.493 e. The number of benzene rings is 2. The van der Waals surface area contributed by atoms with Crippen LogP contribution in [0.25, 0.3) is 22.6 Å². The number of carbonyl (C=O) groups is 1.